The Balaban J connectivity index is 0.000000295. The number of esters is 1. The summed E-state index contributed by atoms with van der Waals surface area (Å²) in [7, 11) is 0. The van der Waals surface area contributed by atoms with Gasteiger partial charge in [-0.1, -0.05) is 44.7 Å². The molecule has 0 radical (unpaired) electrons. The number of benzene rings is 1. The third kappa shape index (κ3) is 8.57. The second-order valence-corrected chi connectivity index (χ2v) is 6.75. The van der Waals surface area contributed by atoms with Crippen molar-refractivity contribution in [1.82, 2.24) is 4.98 Å². The standard InChI is InChI=1S/C11H8ClNO3.C10H20O2/c12-8-3-4-9(16-6-10(14)15)11-7(8)2-1-5-13-11;1-4-6-7-10(5-2)8-12-9(3)11/h1-5H,6H2,(H,14,15);10H,4-8H2,1-3H3. The van der Waals surface area contributed by atoms with Gasteiger partial charge in [-0.05, 0) is 36.6 Å². The molecule has 0 aliphatic carbocycles. The van der Waals surface area contributed by atoms with E-state index in [9.17, 15) is 9.59 Å². The van der Waals surface area contributed by atoms with Crippen LogP contribution in [0.1, 0.15) is 46.5 Å². The molecule has 0 fully saturated rings. The summed E-state index contributed by atoms with van der Waals surface area (Å²) in [6.45, 7) is 5.99. The summed E-state index contributed by atoms with van der Waals surface area (Å²) < 4.78 is 10.1. The third-order valence-electron chi connectivity index (χ3n) is 4.10. The molecule has 1 heterocycles. The molecule has 0 bridgehead atoms. The van der Waals surface area contributed by atoms with Crippen molar-refractivity contribution in [1.29, 1.82) is 0 Å². The molecule has 1 aromatic carbocycles. The molecular formula is C21H28ClNO5. The Morgan fingerprint density at radius 3 is 2.61 bits per heavy atom. The number of hydrogen-bond donors (Lipinski definition) is 1. The molecule has 0 saturated heterocycles. The van der Waals surface area contributed by atoms with Crippen molar-refractivity contribution in [3.8, 4) is 5.75 Å². The number of aliphatic carboxylic acids is 1. The van der Waals surface area contributed by atoms with E-state index in [1.807, 2.05) is 0 Å². The van der Waals surface area contributed by atoms with E-state index in [1.54, 1.807) is 30.5 Å². The van der Waals surface area contributed by atoms with Crippen LogP contribution in [-0.2, 0) is 14.3 Å². The molecule has 0 saturated carbocycles. The van der Waals surface area contributed by atoms with Gasteiger partial charge in [0, 0.05) is 18.5 Å². The Kier molecular flexibility index (Phi) is 11.0. The van der Waals surface area contributed by atoms with Crippen molar-refractivity contribution in [3.05, 3.63) is 35.5 Å². The van der Waals surface area contributed by atoms with Gasteiger partial charge < -0.3 is 14.6 Å². The van der Waals surface area contributed by atoms with E-state index < -0.39 is 12.6 Å². The molecule has 2 rings (SSSR count). The smallest absolute Gasteiger partial charge is 0.341 e. The summed E-state index contributed by atoms with van der Waals surface area (Å²) in [6.07, 6.45) is 6.34. The molecule has 1 atom stereocenters. The van der Waals surface area contributed by atoms with Gasteiger partial charge in [0.25, 0.3) is 0 Å². The number of aromatic nitrogens is 1. The predicted octanol–water partition coefficient (Wildman–Crippen LogP) is 5.12. The lowest BCUT2D eigenvalue weighted by molar-refractivity contribution is -0.142. The zero-order valence-electron chi connectivity index (χ0n) is 16.6. The van der Waals surface area contributed by atoms with Crippen LogP contribution < -0.4 is 4.74 Å². The monoisotopic (exact) mass is 409 g/mol. The van der Waals surface area contributed by atoms with E-state index in [0.29, 0.717) is 28.8 Å². The second-order valence-electron chi connectivity index (χ2n) is 6.35. The maximum atomic E-state index is 10.5. The number of halogens is 1. The van der Waals surface area contributed by atoms with Crippen LogP contribution >= 0.6 is 11.6 Å². The van der Waals surface area contributed by atoms with E-state index in [4.69, 9.17) is 26.2 Å². The highest BCUT2D eigenvalue weighted by Gasteiger charge is 2.08. The van der Waals surface area contributed by atoms with Gasteiger partial charge in [0.15, 0.2) is 6.61 Å². The minimum Gasteiger partial charge on any atom is -0.480 e. The van der Waals surface area contributed by atoms with Gasteiger partial charge >= 0.3 is 11.9 Å². The lowest BCUT2D eigenvalue weighted by Gasteiger charge is -2.13. The molecule has 0 amide bonds. The highest BCUT2D eigenvalue weighted by Crippen LogP contribution is 2.29. The third-order valence-corrected chi connectivity index (χ3v) is 4.43. The minimum absolute atomic E-state index is 0.162. The summed E-state index contributed by atoms with van der Waals surface area (Å²) >= 11 is 5.98. The van der Waals surface area contributed by atoms with Gasteiger partial charge in [-0.15, -0.1) is 0 Å². The summed E-state index contributed by atoms with van der Waals surface area (Å²) in [6, 6.07) is 6.83. The number of rotatable bonds is 9. The lowest BCUT2D eigenvalue weighted by Crippen LogP contribution is -2.11. The van der Waals surface area contributed by atoms with Crippen LogP contribution in [0.15, 0.2) is 30.5 Å². The molecule has 28 heavy (non-hydrogen) atoms. The largest absolute Gasteiger partial charge is 0.480 e. The molecular weight excluding hydrogens is 382 g/mol. The van der Waals surface area contributed by atoms with Crippen molar-refractivity contribution in [3.63, 3.8) is 0 Å². The molecule has 6 nitrogen and oxygen atoms in total. The zero-order chi connectivity index (χ0) is 20.9. The van der Waals surface area contributed by atoms with Gasteiger partial charge in [-0.3, -0.25) is 9.78 Å². The van der Waals surface area contributed by atoms with Crippen LogP contribution in [-0.4, -0.2) is 35.2 Å². The van der Waals surface area contributed by atoms with E-state index in [2.05, 4.69) is 18.8 Å². The number of pyridine rings is 1. The van der Waals surface area contributed by atoms with Crippen LogP contribution in [0.5, 0.6) is 5.75 Å². The first-order chi connectivity index (χ1) is 13.4. The normalized spacial score (nSPS) is 11.3. The fourth-order valence-corrected chi connectivity index (χ4v) is 2.72. The number of carboxylic acid groups (broad SMARTS) is 1. The van der Waals surface area contributed by atoms with Gasteiger partial charge in [0.1, 0.15) is 11.3 Å². The fourth-order valence-electron chi connectivity index (χ4n) is 2.50. The quantitative estimate of drug-likeness (QED) is 0.578. The molecule has 1 unspecified atom stereocenters. The van der Waals surface area contributed by atoms with Crippen molar-refractivity contribution in [2.24, 2.45) is 5.92 Å². The molecule has 2 aromatic rings. The number of nitrogens with zero attached hydrogens (tertiary/aromatic N) is 1. The van der Waals surface area contributed by atoms with Gasteiger partial charge in [0.05, 0.1) is 11.6 Å². The first-order valence-corrected chi connectivity index (χ1v) is 9.77. The van der Waals surface area contributed by atoms with Gasteiger partial charge in [0.2, 0.25) is 0 Å². The highest BCUT2D eigenvalue weighted by atomic mass is 35.5. The molecule has 0 aliphatic rings. The zero-order valence-corrected chi connectivity index (χ0v) is 17.4. The van der Waals surface area contributed by atoms with E-state index >= 15 is 0 Å². The lowest BCUT2D eigenvalue weighted by atomic mass is 10.0. The Morgan fingerprint density at radius 1 is 1.25 bits per heavy atom. The van der Waals surface area contributed by atoms with Gasteiger partial charge in [-0.2, -0.15) is 0 Å². The summed E-state index contributed by atoms with van der Waals surface area (Å²) in [4.78, 5) is 25.0. The number of fused-ring (bicyclic) bond motifs is 1. The first kappa shape index (κ1) is 23.7. The second kappa shape index (κ2) is 12.9. The number of unbranched alkanes of at least 4 members (excludes halogenated alkanes) is 1. The molecule has 154 valence electrons. The number of carboxylic acids is 1. The van der Waals surface area contributed by atoms with E-state index in [0.717, 1.165) is 11.8 Å². The van der Waals surface area contributed by atoms with Crippen LogP contribution in [0, 0.1) is 5.92 Å². The fraction of sp³-hybridized carbons (Fsp3) is 0.476. The Bertz CT molecular complexity index is 766. The first-order valence-electron chi connectivity index (χ1n) is 9.40. The number of hydrogen-bond acceptors (Lipinski definition) is 5. The van der Waals surface area contributed by atoms with Crippen LogP contribution in [0.2, 0.25) is 5.02 Å². The number of ether oxygens (including phenoxy) is 2. The molecule has 1 aromatic heterocycles. The predicted molar refractivity (Wildman–Crippen MR) is 110 cm³/mol. The minimum atomic E-state index is -1.03. The molecule has 7 heteroatoms. The van der Waals surface area contributed by atoms with Crippen molar-refractivity contribution in [2.75, 3.05) is 13.2 Å². The maximum absolute atomic E-state index is 10.5. The van der Waals surface area contributed by atoms with Crippen molar-refractivity contribution in [2.45, 2.75) is 46.5 Å². The van der Waals surface area contributed by atoms with Crippen LogP contribution in [0.25, 0.3) is 10.9 Å². The average Bonchev–Trinajstić information content (AvgIpc) is 2.68. The van der Waals surface area contributed by atoms with Crippen LogP contribution in [0.3, 0.4) is 0 Å². The van der Waals surface area contributed by atoms with Crippen molar-refractivity contribution >= 4 is 34.4 Å². The summed E-state index contributed by atoms with van der Waals surface area (Å²) in [5, 5.41) is 9.83. The molecule has 0 aliphatic heterocycles. The highest BCUT2D eigenvalue weighted by molar-refractivity contribution is 6.35. The number of carbonyl (C=O) groups is 2. The van der Waals surface area contributed by atoms with Gasteiger partial charge in [-0.25, -0.2) is 4.79 Å². The SMILES string of the molecule is CCCCC(CC)COC(C)=O.O=C(O)COc1ccc(Cl)c2cccnc12. The molecule has 0 spiro atoms. The Morgan fingerprint density at radius 2 is 2.00 bits per heavy atom. The summed E-state index contributed by atoms with van der Waals surface area (Å²) in [5.41, 5.74) is 0.566. The summed E-state index contributed by atoms with van der Waals surface area (Å²) in [5.74, 6) is -0.208. The Hall–Kier alpha value is -2.34. The Labute approximate surface area is 170 Å². The topological polar surface area (TPSA) is 85.7 Å². The molecule has 1 N–H and O–H groups in total. The van der Waals surface area contributed by atoms with Crippen molar-refractivity contribution < 1.29 is 24.2 Å². The maximum Gasteiger partial charge on any atom is 0.341 e. The van der Waals surface area contributed by atoms with Crippen LogP contribution in [0.4, 0.5) is 0 Å². The van der Waals surface area contributed by atoms with E-state index in [-0.39, 0.29) is 5.97 Å². The number of carbonyl (C=O) groups excluding carboxylic acids is 1. The average molecular weight is 410 g/mol. The van der Waals surface area contributed by atoms with E-state index in [1.165, 1.54) is 26.2 Å².